The Morgan fingerprint density at radius 3 is 2.40 bits per heavy atom. The van der Waals surface area contributed by atoms with Gasteiger partial charge in [-0.2, -0.15) is 0 Å². The number of nitrogens with one attached hydrogen (secondary N) is 2. The van der Waals surface area contributed by atoms with Gasteiger partial charge in [-0.15, -0.1) is 0 Å². The number of amides is 3. The van der Waals surface area contributed by atoms with Gasteiger partial charge in [-0.25, -0.2) is 0 Å². The van der Waals surface area contributed by atoms with Crippen LogP contribution in [0.3, 0.4) is 0 Å². The third-order valence-corrected chi connectivity index (χ3v) is 7.37. The number of nitrogens with zero attached hydrogens (tertiary/aromatic N) is 5. The standard InChI is InChI=1S/C30H27N7O7S/c1-3-43-23-15-13-21(14-16-23)36-29(40)24(17-26(38)31-20-9-11-22(12-10-20)37(41)42)35(30(36)45)18-25-28(44-33-34(25)2)32-27(39)19-7-5-4-6-8-19/h4-16,24H,3,17-18H2,1-2H3,(H-,31,32,33,38,39)/p+1. The van der Waals surface area contributed by atoms with Crippen LogP contribution in [0.1, 0.15) is 29.4 Å². The fraction of sp³-hybridized carbons (Fsp3) is 0.200. The summed E-state index contributed by atoms with van der Waals surface area (Å²) in [5.41, 5.74) is 1.47. The van der Waals surface area contributed by atoms with Crippen molar-refractivity contribution in [3.63, 3.8) is 0 Å². The van der Waals surface area contributed by atoms with Gasteiger partial charge in [-0.1, -0.05) is 18.2 Å². The zero-order chi connectivity index (χ0) is 32.1. The Hall–Kier alpha value is -5.70. The molecule has 3 amide bonds. The minimum Gasteiger partial charge on any atom is -0.494 e. The summed E-state index contributed by atoms with van der Waals surface area (Å²) in [6.07, 6.45) is -0.301. The average molecular weight is 631 g/mol. The van der Waals surface area contributed by atoms with Crippen LogP contribution in [0.5, 0.6) is 5.75 Å². The maximum absolute atomic E-state index is 13.9. The van der Waals surface area contributed by atoms with Gasteiger partial charge in [0.25, 0.3) is 23.2 Å². The van der Waals surface area contributed by atoms with E-state index in [4.69, 9.17) is 21.5 Å². The van der Waals surface area contributed by atoms with E-state index < -0.39 is 28.7 Å². The number of anilines is 3. The molecular formula is C30H28N7O7S+. The highest BCUT2D eigenvalue weighted by atomic mass is 32.1. The summed E-state index contributed by atoms with van der Waals surface area (Å²) in [7, 11) is 1.61. The fourth-order valence-corrected chi connectivity index (χ4v) is 5.10. The molecule has 2 N–H and O–H groups in total. The number of aromatic nitrogens is 2. The predicted octanol–water partition coefficient (Wildman–Crippen LogP) is 3.59. The number of nitro groups is 1. The molecule has 2 heterocycles. The first-order valence-electron chi connectivity index (χ1n) is 13.8. The second-order valence-corrected chi connectivity index (χ2v) is 10.2. The lowest BCUT2D eigenvalue weighted by molar-refractivity contribution is -0.746. The third kappa shape index (κ3) is 6.78. The van der Waals surface area contributed by atoms with Crippen molar-refractivity contribution in [3.05, 3.63) is 100 Å². The number of ether oxygens (including phenoxy) is 1. The first-order chi connectivity index (χ1) is 21.7. The summed E-state index contributed by atoms with van der Waals surface area (Å²) >= 11 is 5.78. The van der Waals surface area contributed by atoms with Gasteiger partial charge in [0.15, 0.2) is 12.2 Å². The molecule has 0 aliphatic carbocycles. The van der Waals surface area contributed by atoms with E-state index >= 15 is 0 Å². The average Bonchev–Trinajstić information content (AvgIpc) is 3.49. The maximum atomic E-state index is 13.9. The number of hydrogen-bond donors (Lipinski definition) is 2. The molecule has 3 aromatic carbocycles. The van der Waals surface area contributed by atoms with Gasteiger partial charge in [0, 0.05) is 23.4 Å². The van der Waals surface area contributed by atoms with Crippen molar-refractivity contribution >= 4 is 58.0 Å². The highest BCUT2D eigenvalue weighted by molar-refractivity contribution is 7.80. The maximum Gasteiger partial charge on any atom is 0.307 e. The van der Waals surface area contributed by atoms with E-state index in [9.17, 15) is 24.5 Å². The molecule has 4 aromatic rings. The SMILES string of the molecule is CCOc1ccc(N2C(=O)C(CC(=O)Nc3ccc([N+](=O)[O-])cc3)N(Cc3c(NC(=O)c4ccccc4)on[n+]3C)C2=S)cc1. The molecule has 0 bridgehead atoms. The van der Waals surface area contributed by atoms with Crippen molar-refractivity contribution in [3.8, 4) is 5.75 Å². The van der Waals surface area contributed by atoms with Crippen LogP contribution in [0.25, 0.3) is 0 Å². The Bertz CT molecular complexity index is 1740. The number of nitro benzene ring substituents is 1. The van der Waals surface area contributed by atoms with E-state index in [-0.39, 0.29) is 29.6 Å². The molecule has 0 spiro atoms. The molecule has 45 heavy (non-hydrogen) atoms. The Labute approximate surface area is 262 Å². The molecule has 230 valence electrons. The highest BCUT2D eigenvalue weighted by Crippen LogP contribution is 2.31. The number of carbonyl (C=O) groups excluding carboxylic acids is 3. The molecule has 0 saturated carbocycles. The van der Waals surface area contributed by atoms with Crippen molar-refractivity contribution in [2.75, 3.05) is 22.1 Å². The van der Waals surface area contributed by atoms with Crippen LogP contribution in [0, 0.1) is 10.1 Å². The molecule has 1 atom stereocenters. The molecule has 1 aliphatic heterocycles. The van der Waals surface area contributed by atoms with E-state index in [1.165, 1.54) is 33.8 Å². The zero-order valence-corrected chi connectivity index (χ0v) is 25.0. The van der Waals surface area contributed by atoms with E-state index in [1.54, 1.807) is 66.5 Å². The molecule has 1 aromatic heterocycles. The van der Waals surface area contributed by atoms with E-state index in [0.29, 0.717) is 35.0 Å². The van der Waals surface area contributed by atoms with Crippen LogP contribution in [0.15, 0.2) is 83.4 Å². The summed E-state index contributed by atoms with van der Waals surface area (Å²) in [5.74, 6) is -0.725. The first kappa shape index (κ1) is 30.7. The number of rotatable bonds is 11. The Morgan fingerprint density at radius 2 is 1.76 bits per heavy atom. The van der Waals surface area contributed by atoms with Gasteiger partial charge >= 0.3 is 5.88 Å². The minimum absolute atomic E-state index is 0.0437. The molecule has 15 heteroatoms. The lowest BCUT2D eigenvalue weighted by atomic mass is 10.1. The van der Waals surface area contributed by atoms with Crippen LogP contribution in [-0.2, 0) is 23.2 Å². The predicted molar refractivity (Wildman–Crippen MR) is 165 cm³/mol. The molecule has 1 aliphatic rings. The van der Waals surface area contributed by atoms with E-state index in [1.807, 2.05) is 6.92 Å². The van der Waals surface area contributed by atoms with Gasteiger partial charge in [-0.05, 0) is 72.4 Å². The van der Waals surface area contributed by atoms with Gasteiger partial charge in [0.05, 0.1) is 23.6 Å². The zero-order valence-electron chi connectivity index (χ0n) is 24.2. The number of aryl methyl sites for hydroxylation is 1. The van der Waals surface area contributed by atoms with E-state index in [2.05, 4.69) is 15.9 Å². The molecule has 1 saturated heterocycles. The largest absolute Gasteiger partial charge is 0.494 e. The van der Waals surface area contributed by atoms with Crippen LogP contribution < -0.4 is 25.0 Å². The van der Waals surface area contributed by atoms with Gasteiger partial charge in [0.2, 0.25) is 11.2 Å². The summed E-state index contributed by atoms with van der Waals surface area (Å²) in [4.78, 5) is 53.3. The van der Waals surface area contributed by atoms with Crippen LogP contribution >= 0.6 is 12.2 Å². The van der Waals surface area contributed by atoms with Crippen molar-refractivity contribution in [2.24, 2.45) is 7.05 Å². The second-order valence-electron chi connectivity index (χ2n) is 9.88. The number of hydrogen-bond acceptors (Lipinski definition) is 9. The first-order valence-corrected chi connectivity index (χ1v) is 14.2. The Morgan fingerprint density at radius 1 is 1.07 bits per heavy atom. The van der Waals surface area contributed by atoms with Crippen LogP contribution in [0.2, 0.25) is 0 Å². The van der Waals surface area contributed by atoms with Gasteiger partial charge < -0.3 is 15.0 Å². The molecule has 1 unspecified atom stereocenters. The molecular weight excluding hydrogens is 602 g/mol. The van der Waals surface area contributed by atoms with Crippen molar-refractivity contribution in [1.82, 2.24) is 10.2 Å². The normalized spacial score (nSPS) is 14.4. The molecule has 14 nitrogen and oxygen atoms in total. The minimum atomic E-state index is -1.05. The topological polar surface area (TPSA) is 164 Å². The van der Waals surface area contributed by atoms with Crippen molar-refractivity contribution in [1.29, 1.82) is 0 Å². The molecule has 0 radical (unpaired) electrons. The van der Waals surface area contributed by atoms with Gasteiger partial charge in [0.1, 0.15) is 18.3 Å². The molecule has 5 rings (SSSR count). The van der Waals surface area contributed by atoms with E-state index in [0.717, 1.165) is 0 Å². The number of thiocarbonyl (C=S) groups is 1. The Balaban J connectivity index is 1.42. The van der Waals surface area contributed by atoms with Crippen molar-refractivity contribution in [2.45, 2.75) is 25.9 Å². The molecule has 1 fully saturated rings. The smallest absolute Gasteiger partial charge is 0.307 e. The summed E-state index contributed by atoms with van der Waals surface area (Å²) in [6, 6.07) is 19.6. The lowest BCUT2D eigenvalue weighted by Crippen LogP contribution is -2.43. The fourth-order valence-electron chi connectivity index (χ4n) is 4.71. The number of benzene rings is 3. The summed E-state index contributed by atoms with van der Waals surface area (Å²) in [6.45, 7) is 2.29. The second kappa shape index (κ2) is 13.3. The monoisotopic (exact) mass is 630 g/mol. The summed E-state index contributed by atoms with van der Waals surface area (Å²) < 4.78 is 12.3. The number of non-ortho nitro benzene ring substituents is 1. The van der Waals surface area contributed by atoms with Crippen LogP contribution in [-0.4, -0.2) is 50.6 Å². The highest BCUT2D eigenvalue weighted by Gasteiger charge is 2.46. The quantitative estimate of drug-likeness (QED) is 0.108. The van der Waals surface area contributed by atoms with Gasteiger partial charge in [-0.3, -0.25) is 39.2 Å². The van der Waals surface area contributed by atoms with Crippen LogP contribution in [0.4, 0.5) is 22.9 Å². The van der Waals surface area contributed by atoms with Crippen molar-refractivity contribution < 1.29 is 33.2 Å². The summed E-state index contributed by atoms with van der Waals surface area (Å²) in [5, 5.41) is 20.4. The third-order valence-electron chi connectivity index (χ3n) is 6.96. The lowest BCUT2D eigenvalue weighted by Gasteiger charge is -2.22. The number of carbonyl (C=O) groups is 3. The Kier molecular flexibility index (Phi) is 9.09.